The lowest BCUT2D eigenvalue weighted by Crippen LogP contribution is -2.42. The van der Waals surface area contributed by atoms with Crippen molar-refractivity contribution < 1.29 is 9.53 Å². The molecule has 0 atom stereocenters. The first-order valence-electron chi connectivity index (χ1n) is 14.2. The van der Waals surface area contributed by atoms with Gasteiger partial charge in [0, 0.05) is 23.7 Å². The van der Waals surface area contributed by atoms with E-state index < -0.39 is 0 Å². The SMILES string of the molecule is COc1ccc(-c2nc(-c3ccccc3)nn2CCN(C(=O)Cc2cccc3ccccc23)C2CCCC2)cc1Cl. The van der Waals surface area contributed by atoms with Crippen LogP contribution in [0.5, 0.6) is 5.75 Å². The van der Waals surface area contributed by atoms with Crippen molar-refractivity contribution in [3.63, 3.8) is 0 Å². The Kier molecular flexibility index (Phi) is 8.01. The molecule has 7 heteroatoms. The molecular formula is C34H33ClN4O2. The van der Waals surface area contributed by atoms with Crippen LogP contribution < -0.4 is 4.74 Å². The first-order chi connectivity index (χ1) is 20.1. The van der Waals surface area contributed by atoms with Crippen LogP contribution in [0.4, 0.5) is 0 Å². The Hall–Kier alpha value is -4.16. The molecule has 1 amide bonds. The molecule has 0 unspecified atom stereocenters. The van der Waals surface area contributed by atoms with Gasteiger partial charge in [-0.05, 0) is 47.4 Å². The summed E-state index contributed by atoms with van der Waals surface area (Å²) in [5, 5.41) is 7.71. The van der Waals surface area contributed by atoms with Crippen molar-refractivity contribution in [1.29, 1.82) is 0 Å². The van der Waals surface area contributed by atoms with E-state index >= 15 is 0 Å². The standard InChI is InChI=1S/C34H33ClN4O2/c1-41-31-19-18-27(22-30(31)35)34-36-33(25-11-3-2-4-12-25)37-39(34)21-20-38(28-15-6-7-16-28)32(40)23-26-14-9-13-24-10-5-8-17-29(24)26/h2-5,8-14,17-19,22,28H,6-7,15-16,20-21,23H2,1H3. The van der Waals surface area contributed by atoms with E-state index in [0.29, 0.717) is 41.9 Å². The zero-order valence-corrected chi connectivity index (χ0v) is 23.9. The molecule has 5 aromatic rings. The summed E-state index contributed by atoms with van der Waals surface area (Å²) in [5.41, 5.74) is 2.85. The number of ether oxygens (including phenoxy) is 1. The van der Waals surface area contributed by atoms with Crippen molar-refractivity contribution in [2.45, 2.75) is 44.7 Å². The molecule has 1 heterocycles. The van der Waals surface area contributed by atoms with Gasteiger partial charge in [-0.15, -0.1) is 0 Å². The molecule has 0 radical (unpaired) electrons. The molecule has 0 aliphatic heterocycles. The third-order valence-electron chi connectivity index (χ3n) is 7.97. The van der Waals surface area contributed by atoms with Gasteiger partial charge in [0.1, 0.15) is 5.75 Å². The molecule has 6 nitrogen and oxygen atoms in total. The highest BCUT2D eigenvalue weighted by molar-refractivity contribution is 6.32. The zero-order chi connectivity index (χ0) is 28.2. The largest absolute Gasteiger partial charge is 0.495 e. The Morgan fingerprint density at radius 3 is 2.49 bits per heavy atom. The minimum absolute atomic E-state index is 0.158. The Labute approximate surface area is 245 Å². The highest BCUT2D eigenvalue weighted by atomic mass is 35.5. The van der Waals surface area contributed by atoms with Crippen LogP contribution >= 0.6 is 11.6 Å². The van der Waals surface area contributed by atoms with E-state index in [1.807, 2.05) is 71.4 Å². The van der Waals surface area contributed by atoms with Crippen LogP contribution in [-0.4, -0.2) is 45.3 Å². The summed E-state index contributed by atoms with van der Waals surface area (Å²) in [6.45, 7) is 1.08. The van der Waals surface area contributed by atoms with E-state index in [0.717, 1.165) is 53.1 Å². The number of nitrogens with zero attached hydrogens (tertiary/aromatic N) is 4. The van der Waals surface area contributed by atoms with Crippen LogP contribution in [0.1, 0.15) is 31.2 Å². The van der Waals surface area contributed by atoms with Gasteiger partial charge in [0.2, 0.25) is 5.91 Å². The van der Waals surface area contributed by atoms with Gasteiger partial charge >= 0.3 is 0 Å². The summed E-state index contributed by atoms with van der Waals surface area (Å²) in [6, 6.07) is 30.3. The van der Waals surface area contributed by atoms with Gasteiger partial charge in [-0.25, -0.2) is 9.67 Å². The van der Waals surface area contributed by atoms with E-state index in [-0.39, 0.29) is 11.9 Å². The van der Waals surface area contributed by atoms with Gasteiger partial charge in [-0.2, -0.15) is 5.10 Å². The number of hydrogen-bond donors (Lipinski definition) is 0. The highest BCUT2D eigenvalue weighted by Gasteiger charge is 2.27. The lowest BCUT2D eigenvalue weighted by molar-refractivity contribution is -0.132. The lowest BCUT2D eigenvalue weighted by atomic mass is 10.0. The number of rotatable bonds is 9. The molecule has 208 valence electrons. The van der Waals surface area contributed by atoms with Gasteiger partial charge in [0.15, 0.2) is 11.6 Å². The molecule has 1 aromatic heterocycles. The molecule has 1 fully saturated rings. The molecule has 6 rings (SSSR count). The Morgan fingerprint density at radius 1 is 0.951 bits per heavy atom. The number of halogens is 1. The number of aromatic nitrogens is 3. The fourth-order valence-corrected chi connectivity index (χ4v) is 6.12. The van der Waals surface area contributed by atoms with Crippen LogP contribution in [0.25, 0.3) is 33.5 Å². The summed E-state index contributed by atoms with van der Waals surface area (Å²) in [4.78, 5) is 20.9. The van der Waals surface area contributed by atoms with E-state index in [9.17, 15) is 4.79 Å². The smallest absolute Gasteiger partial charge is 0.227 e. The van der Waals surface area contributed by atoms with Crippen LogP contribution in [0.3, 0.4) is 0 Å². The van der Waals surface area contributed by atoms with Crippen LogP contribution in [-0.2, 0) is 17.8 Å². The van der Waals surface area contributed by atoms with Crippen LogP contribution in [0.2, 0.25) is 5.02 Å². The van der Waals surface area contributed by atoms with Crippen molar-refractivity contribution in [3.05, 3.63) is 102 Å². The molecular weight excluding hydrogens is 532 g/mol. The zero-order valence-electron chi connectivity index (χ0n) is 23.2. The normalized spacial score (nSPS) is 13.5. The Morgan fingerprint density at radius 2 is 1.71 bits per heavy atom. The molecule has 4 aromatic carbocycles. The molecule has 0 saturated heterocycles. The number of benzene rings is 4. The predicted octanol–water partition coefficient (Wildman–Crippen LogP) is 7.44. The molecule has 0 bridgehead atoms. The van der Waals surface area contributed by atoms with E-state index in [1.165, 1.54) is 0 Å². The number of hydrogen-bond acceptors (Lipinski definition) is 4. The van der Waals surface area contributed by atoms with Crippen molar-refractivity contribution in [3.8, 4) is 28.5 Å². The van der Waals surface area contributed by atoms with Crippen molar-refractivity contribution in [2.75, 3.05) is 13.7 Å². The molecule has 1 aliphatic carbocycles. The van der Waals surface area contributed by atoms with Gasteiger partial charge in [0.25, 0.3) is 0 Å². The maximum atomic E-state index is 13.9. The van der Waals surface area contributed by atoms with Crippen molar-refractivity contribution in [1.82, 2.24) is 19.7 Å². The highest BCUT2D eigenvalue weighted by Crippen LogP contribution is 2.31. The average Bonchev–Trinajstić information content (AvgIpc) is 3.69. The average molecular weight is 565 g/mol. The predicted molar refractivity (Wildman–Crippen MR) is 164 cm³/mol. The second kappa shape index (κ2) is 12.1. The topological polar surface area (TPSA) is 60.3 Å². The van der Waals surface area contributed by atoms with Crippen molar-refractivity contribution >= 4 is 28.3 Å². The Bertz CT molecular complexity index is 1660. The monoisotopic (exact) mass is 564 g/mol. The second-order valence-corrected chi connectivity index (χ2v) is 10.9. The molecule has 0 spiro atoms. The number of fused-ring (bicyclic) bond motifs is 1. The third-order valence-corrected chi connectivity index (χ3v) is 8.27. The Balaban J connectivity index is 1.30. The van der Waals surface area contributed by atoms with Gasteiger partial charge in [-0.3, -0.25) is 4.79 Å². The van der Waals surface area contributed by atoms with Crippen LogP contribution in [0.15, 0.2) is 91.0 Å². The van der Waals surface area contributed by atoms with Gasteiger partial charge in [0.05, 0.1) is 25.1 Å². The summed E-state index contributed by atoms with van der Waals surface area (Å²) in [7, 11) is 1.60. The van der Waals surface area contributed by atoms with E-state index in [4.69, 9.17) is 26.4 Å². The molecule has 1 saturated carbocycles. The maximum absolute atomic E-state index is 13.9. The second-order valence-electron chi connectivity index (χ2n) is 10.5. The summed E-state index contributed by atoms with van der Waals surface area (Å²) in [6.07, 6.45) is 4.76. The first-order valence-corrected chi connectivity index (χ1v) is 14.6. The first kappa shape index (κ1) is 27.0. The third kappa shape index (κ3) is 5.84. The van der Waals surface area contributed by atoms with Gasteiger partial charge in [-0.1, -0.05) is 97.2 Å². The quantitative estimate of drug-likeness (QED) is 0.187. The van der Waals surface area contributed by atoms with Gasteiger partial charge < -0.3 is 9.64 Å². The molecule has 0 N–H and O–H groups in total. The summed E-state index contributed by atoms with van der Waals surface area (Å²) >= 11 is 6.49. The van der Waals surface area contributed by atoms with Crippen LogP contribution in [0, 0.1) is 0 Å². The molecule has 41 heavy (non-hydrogen) atoms. The molecule has 1 aliphatic rings. The van der Waals surface area contributed by atoms with Crippen molar-refractivity contribution in [2.24, 2.45) is 0 Å². The van der Waals surface area contributed by atoms with E-state index in [1.54, 1.807) is 7.11 Å². The minimum Gasteiger partial charge on any atom is -0.495 e. The fraction of sp³-hybridized carbons (Fsp3) is 0.265. The fourth-order valence-electron chi connectivity index (χ4n) is 5.87. The maximum Gasteiger partial charge on any atom is 0.227 e. The number of amides is 1. The summed E-state index contributed by atoms with van der Waals surface area (Å²) in [5.74, 6) is 2.12. The number of carbonyl (C=O) groups excluding carboxylic acids is 1. The number of methoxy groups -OCH3 is 1. The lowest BCUT2D eigenvalue weighted by Gasteiger charge is -2.29. The number of carbonyl (C=O) groups is 1. The van der Waals surface area contributed by atoms with E-state index in [2.05, 4.69) is 29.2 Å². The summed E-state index contributed by atoms with van der Waals surface area (Å²) < 4.78 is 7.27. The minimum atomic E-state index is 0.158.